The summed E-state index contributed by atoms with van der Waals surface area (Å²) < 4.78 is 17.1. The van der Waals surface area contributed by atoms with E-state index in [-0.39, 0.29) is 44.8 Å². The summed E-state index contributed by atoms with van der Waals surface area (Å²) in [6, 6.07) is 6.99. The highest BCUT2D eigenvalue weighted by molar-refractivity contribution is 6.32. The van der Waals surface area contributed by atoms with Gasteiger partial charge in [0.2, 0.25) is 5.78 Å². The van der Waals surface area contributed by atoms with Crippen LogP contribution in [0.1, 0.15) is 63.8 Å². The van der Waals surface area contributed by atoms with E-state index in [9.17, 15) is 19.2 Å². The minimum atomic E-state index is -1.12. The topological polar surface area (TPSA) is 101 Å². The average Bonchev–Trinajstić information content (AvgIpc) is 2.87. The van der Waals surface area contributed by atoms with Crippen LogP contribution in [-0.2, 0) is 9.53 Å². The number of carbonyl (C=O) groups is 3. The van der Waals surface area contributed by atoms with Crippen molar-refractivity contribution < 1.29 is 28.6 Å². The Hall–Kier alpha value is -3.94. The number of carbonyl (C=O) groups excluding carboxylic acids is 3. The maximum Gasteiger partial charge on any atom is 0.329 e. The van der Waals surface area contributed by atoms with Crippen molar-refractivity contribution >= 4 is 28.3 Å². The van der Waals surface area contributed by atoms with Crippen molar-refractivity contribution in [1.29, 1.82) is 0 Å². The van der Waals surface area contributed by atoms with Crippen LogP contribution >= 0.6 is 0 Å². The summed E-state index contributed by atoms with van der Waals surface area (Å²) in [5.41, 5.74) is 0.235. The molecule has 0 N–H and O–H groups in total. The van der Waals surface area contributed by atoms with Crippen LogP contribution in [0.4, 0.5) is 0 Å². The van der Waals surface area contributed by atoms with Gasteiger partial charge < -0.3 is 14.2 Å². The number of esters is 1. The van der Waals surface area contributed by atoms with Crippen molar-refractivity contribution in [3.63, 3.8) is 0 Å². The Bertz CT molecular complexity index is 1450. The highest BCUT2D eigenvalue weighted by atomic mass is 16.5. The SMILES string of the molecule is CC[C@H](C)[C@@H](C(=O)OC)n1c2c(c3c(OC)cc(C)cc3c1=O)C(=O)c1cccc(OC)c1C2=O. The molecular formula is C27H27NO7. The fourth-order valence-corrected chi connectivity index (χ4v) is 4.83. The number of ether oxygens (including phenoxy) is 3. The number of methoxy groups -OCH3 is 3. The predicted octanol–water partition coefficient (Wildman–Crippen LogP) is 3.86. The zero-order chi connectivity index (χ0) is 25.6. The Labute approximate surface area is 202 Å². The second kappa shape index (κ2) is 9.02. The molecule has 1 aliphatic carbocycles. The van der Waals surface area contributed by atoms with Gasteiger partial charge in [0, 0.05) is 10.9 Å². The van der Waals surface area contributed by atoms with Crippen LogP contribution in [0.2, 0.25) is 0 Å². The van der Waals surface area contributed by atoms with Crippen molar-refractivity contribution in [3.8, 4) is 11.5 Å². The molecule has 1 heterocycles. The lowest BCUT2D eigenvalue weighted by molar-refractivity contribution is -0.146. The van der Waals surface area contributed by atoms with Crippen molar-refractivity contribution in [1.82, 2.24) is 4.57 Å². The molecule has 0 saturated carbocycles. The Kier molecular flexibility index (Phi) is 6.23. The third kappa shape index (κ3) is 3.51. The van der Waals surface area contributed by atoms with Gasteiger partial charge in [-0.25, -0.2) is 4.79 Å². The van der Waals surface area contributed by atoms with E-state index in [1.807, 2.05) is 6.92 Å². The third-order valence-corrected chi connectivity index (χ3v) is 6.71. The summed E-state index contributed by atoms with van der Waals surface area (Å²) in [6.45, 7) is 5.47. The molecular weight excluding hydrogens is 450 g/mol. The van der Waals surface area contributed by atoms with Crippen molar-refractivity contribution in [2.45, 2.75) is 33.2 Å². The quantitative estimate of drug-likeness (QED) is 0.389. The minimum Gasteiger partial charge on any atom is -0.496 e. The molecule has 0 saturated heterocycles. The minimum absolute atomic E-state index is 0.0272. The molecule has 0 unspecified atom stereocenters. The van der Waals surface area contributed by atoms with E-state index < -0.39 is 29.1 Å². The first-order valence-corrected chi connectivity index (χ1v) is 11.3. The average molecular weight is 478 g/mol. The summed E-state index contributed by atoms with van der Waals surface area (Å²) in [7, 11) is 4.07. The molecule has 0 fully saturated rings. The summed E-state index contributed by atoms with van der Waals surface area (Å²) >= 11 is 0. The molecule has 0 radical (unpaired) electrons. The highest BCUT2D eigenvalue weighted by Crippen LogP contribution is 2.40. The van der Waals surface area contributed by atoms with Gasteiger partial charge in [0.1, 0.15) is 23.2 Å². The van der Waals surface area contributed by atoms with E-state index in [0.29, 0.717) is 12.2 Å². The van der Waals surface area contributed by atoms with Crippen LogP contribution in [-0.4, -0.2) is 43.4 Å². The zero-order valence-corrected chi connectivity index (χ0v) is 20.6. The number of fused-ring (bicyclic) bond motifs is 4. The molecule has 8 nitrogen and oxygen atoms in total. The van der Waals surface area contributed by atoms with Crippen molar-refractivity contribution in [2.75, 3.05) is 21.3 Å². The van der Waals surface area contributed by atoms with E-state index in [2.05, 4.69) is 0 Å². The van der Waals surface area contributed by atoms with Gasteiger partial charge in [-0.1, -0.05) is 32.4 Å². The van der Waals surface area contributed by atoms with Gasteiger partial charge >= 0.3 is 5.97 Å². The van der Waals surface area contributed by atoms with E-state index in [1.165, 1.54) is 21.3 Å². The fraction of sp³-hybridized carbons (Fsp3) is 0.333. The molecule has 8 heteroatoms. The summed E-state index contributed by atoms with van der Waals surface area (Å²) in [5.74, 6) is -1.57. The highest BCUT2D eigenvalue weighted by Gasteiger charge is 2.41. The molecule has 2 aromatic carbocycles. The number of hydrogen-bond acceptors (Lipinski definition) is 7. The van der Waals surface area contributed by atoms with Gasteiger partial charge in [-0.3, -0.25) is 19.0 Å². The maximum atomic E-state index is 14.1. The first-order valence-electron chi connectivity index (χ1n) is 11.3. The molecule has 4 rings (SSSR count). The summed E-state index contributed by atoms with van der Waals surface area (Å²) in [5, 5.41) is 0.430. The monoisotopic (exact) mass is 477 g/mol. The van der Waals surface area contributed by atoms with Crippen LogP contribution in [0.25, 0.3) is 10.8 Å². The number of nitrogens with zero attached hydrogens (tertiary/aromatic N) is 1. The number of pyridine rings is 1. The number of rotatable bonds is 6. The zero-order valence-electron chi connectivity index (χ0n) is 20.6. The smallest absolute Gasteiger partial charge is 0.329 e. The molecule has 0 aliphatic heterocycles. The lowest BCUT2D eigenvalue weighted by Crippen LogP contribution is -2.41. The van der Waals surface area contributed by atoms with Gasteiger partial charge in [0.25, 0.3) is 5.56 Å². The Morgan fingerprint density at radius 3 is 2.26 bits per heavy atom. The molecule has 0 amide bonds. The molecule has 1 aromatic heterocycles. The van der Waals surface area contributed by atoms with Crippen LogP contribution < -0.4 is 15.0 Å². The Morgan fingerprint density at radius 2 is 1.66 bits per heavy atom. The summed E-state index contributed by atoms with van der Waals surface area (Å²) in [4.78, 5) is 55.0. The fourth-order valence-electron chi connectivity index (χ4n) is 4.83. The van der Waals surface area contributed by atoms with E-state index in [0.717, 1.165) is 10.1 Å². The van der Waals surface area contributed by atoms with Crippen LogP contribution in [0.15, 0.2) is 35.1 Å². The number of aromatic nitrogens is 1. The number of aryl methyl sites for hydroxylation is 1. The standard InChI is InChI=1S/C27H27NO7/c1-7-14(3)22(27(32)35-6)28-23-21(19-16(26(28)31)11-13(2)12-18(19)34-5)24(29)15-9-8-10-17(33-4)20(15)25(23)30/h8-12,14,22H,7H2,1-6H3/t14-,22-/m0/s1. The number of benzene rings is 2. The second-order valence-corrected chi connectivity index (χ2v) is 8.68. The molecule has 2 atom stereocenters. The van der Waals surface area contributed by atoms with Crippen molar-refractivity contribution in [3.05, 3.63) is 68.6 Å². The van der Waals surface area contributed by atoms with E-state index in [1.54, 1.807) is 44.2 Å². The lowest BCUT2D eigenvalue weighted by Gasteiger charge is -2.30. The Balaban J connectivity index is 2.28. The van der Waals surface area contributed by atoms with Gasteiger partial charge in [0.15, 0.2) is 5.78 Å². The van der Waals surface area contributed by atoms with Gasteiger partial charge in [-0.05, 0) is 36.6 Å². The summed E-state index contributed by atoms with van der Waals surface area (Å²) in [6.07, 6.45) is 0.526. The maximum absolute atomic E-state index is 14.1. The van der Waals surface area contributed by atoms with Crippen LogP contribution in [0.5, 0.6) is 11.5 Å². The van der Waals surface area contributed by atoms with E-state index >= 15 is 0 Å². The molecule has 182 valence electrons. The second-order valence-electron chi connectivity index (χ2n) is 8.68. The lowest BCUT2D eigenvalue weighted by atomic mass is 9.82. The molecule has 0 bridgehead atoms. The molecule has 35 heavy (non-hydrogen) atoms. The number of ketones is 2. The van der Waals surface area contributed by atoms with Crippen LogP contribution in [0.3, 0.4) is 0 Å². The first-order chi connectivity index (χ1) is 16.7. The van der Waals surface area contributed by atoms with Gasteiger partial charge in [-0.15, -0.1) is 0 Å². The molecule has 3 aromatic rings. The van der Waals surface area contributed by atoms with Gasteiger partial charge in [-0.2, -0.15) is 0 Å². The predicted molar refractivity (Wildman–Crippen MR) is 130 cm³/mol. The Morgan fingerprint density at radius 1 is 0.971 bits per heavy atom. The van der Waals surface area contributed by atoms with E-state index in [4.69, 9.17) is 14.2 Å². The van der Waals surface area contributed by atoms with Crippen LogP contribution in [0, 0.1) is 12.8 Å². The molecule has 1 aliphatic rings. The normalized spacial score (nSPS) is 14.2. The first kappa shape index (κ1) is 24.2. The number of hydrogen-bond donors (Lipinski definition) is 0. The molecule has 0 spiro atoms. The largest absolute Gasteiger partial charge is 0.496 e. The van der Waals surface area contributed by atoms with Crippen molar-refractivity contribution in [2.24, 2.45) is 5.92 Å². The van der Waals surface area contributed by atoms with Gasteiger partial charge in [0.05, 0.1) is 37.8 Å². The third-order valence-electron chi connectivity index (χ3n) is 6.71.